The molecule has 1 aromatic heterocycles. The third-order valence-corrected chi connectivity index (χ3v) is 6.78. The number of halogens is 1. The molecule has 164 valence electrons. The maximum atomic E-state index is 12.4. The minimum Gasteiger partial charge on any atom is -0.545 e. The summed E-state index contributed by atoms with van der Waals surface area (Å²) < 4.78 is 37.2. The van der Waals surface area contributed by atoms with Gasteiger partial charge in [-0.05, 0) is 18.2 Å². The van der Waals surface area contributed by atoms with Crippen LogP contribution in [0.1, 0.15) is 10.4 Å². The number of benzene rings is 3. The van der Waals surface area contributed by atoms with Gasteiger partial charge in [-0.2, -0.15) is 4.57 Å². The minimum atomic E-state index is -4.17. The molecule has 0 fully saturated rings. The highest BCUT2D eigenvalue weighted by atomic mass is 35.7. The summed E-state index contributed by atoms with van der Waals surface area (Å²) in [6, 6.07) is 15.0. The topological polar surface area (TPSA) is 96.6 Å². The number of hydrogen-bond acceptors (Lipinski definition) is 6. The van der Waals surface area contributed by atoms with Gasteiger partial charge < -0.3 is 19.4 Å². The summed E-state index contributed by atoms with van der Waals surface area (Å²) in [6.07, 6.45) is 0. The fourth-order valence-corrected chi connectivity index (χ4v) is 5.11. The number of aromatic carboxylic acids is 1. The van der Waals surface area contributed by atoms with Crippen molar-refractivity contribution in [3.05, 3.63) is 60.2 Å². The number of carbonyl (C=O) groups is 1. The molecule has 0 atom stereocenters. The number of methoxy groups -OCH3 is 2. The molecule has 4 aromatic rings. The molecule has 1 heterocycles. The monoisotopic (exact) mass is 471 g/mol. The normalized spacial score (nSPS) is 11.6. The molecule has 0 aliphatic heterocycles. The Kier molecular flexibility index (Phi) is 5.44. The molecule has 32 heavy (non-hydrogen) atoms. The number of carboxylic acid groups (broad SMARTS) is 1. The predicted molar refractivity (Wildman–Crippen MR) is 119 cm³/mol. The Morgan fingerprint density at radius 3 is 2.28 bits per heavy atom. The van der Waals surface area contributed by atoms with Crippen molar-refractivity contribution in [1.82, 2.24) is 0 Å². The summed E-state index contributed by atoms with van der Waals surface area (Å²) in [5, 5.41) is 13.2. The van der Waals surface area contributed by atoms with Crippen molar-refractivity contribution in [2.75, 3.05) is 14.2 Å². The van der Waals surface area contributed by atoms with E-state index in [0.717, 1.165) is 0 Å². The molecule has 0 aliphatic rings. The molecule has 0 unspecified atom stereocenters. The molecule has 7 nitrogen and oxygen atoms in total. The molecule has 0 saturated heterocycles. The molecular weight excluding hydrogens is 454 g/mol. The summed E-state index contributed by atoms with van der Waals surface area (Å²) in [6.45, 7) is 0. The fourth-order valence-electron chi connectivity index (χ4n) is 4.11. The second-order valence-electron chi connectivity index (χ2n) is 7.05. The zero-order chi connectivity index (χ0) is 23.2. The van der Waals surface area contributed by atoms with Crippen LogP contribution >= 0.6 is 10.7 Å². The van der Waals surface area contributed by atoms with Crippen molar-refractivity contribution in [2.45, 2.75) is 4.90 Å². The molecule has 3 aromatic carbocycles. The summed E-state index contributed by atoms with van der Waals surface area (Å²) in [7, 11) is 6.03. The van der Waals surface area contributed by atoms with Crippen LogP contribution in [0.2, 0.25) is 0 Å². The van der Waals surface area contributed by atoms with Crippen LogP contribution in [0.15, 0.2) is 59.5 Å². The number of fused-ring (bicyclic) bond motifs is 2. The van der Waals surface area contributed by atoms with Gasteiger partial charge in [-0.15, -0.1) is 0 Å². The quantitative estimate of drug-likeness (QED) is 0.252. The smallest absolute Gasteiger partial charge is 0.265 e. The second kappa shape index (κ2) is 7.96. The Bertz CT molecular complexity index is 1510. The van der Waals surface area contributed by atoms with Gasteiger partial charge in [-0.25, -0.2) is 8.42 Å². The number of hydrogen-bond donors (Lipinski definition) is 0. The van der Waals surface area contributed by atoms with Crippen molar-refractivity contribution >= 4 is 47.5 Å². The Morgan fingerprint density at radius 2 is 1.66 bits per heavy atom. The highest BCUT2D eigenvalue weighted by molar-refractivity contribution is 8.13. The van der Waals surface area contributed by atoms with Crippen molar-refractivity contribution in [1.29, 1.82) is 0 Å². The molecule has 4 rings (SSSR count). The van der Waals surface area contributed by atoms with Crippen LogP contribution in [0.25, 0.3) is 32.9 Å². The van der Waals surface area contributed by atoms with Crippen LogP contribution in [0.5, 0.6) is 11.5 Å². The van der Waals surface area contributed by atoms with Crippen molar-refractivity contribution < 1.29 is 32.4 Å². The lowest BCUT2D eigenvalue weighted by atomic mass is 9.93. The molecule has 0 aliphatic carbocycles. The number of rotatable bonds is 5. The number of carboxylic acids is 1. The van der Waals surface area contributed by atoms with Gasteiger partial charge in [0.1, 0.15) is 23.4 Å². The summed E-state index contributed by atoms with van der Waals surface area (Å²) in [5.41, 5.74) is 1.95. The lowest BCUT2D eigenvalue weighted by Crippen LogP contribution is -2.33. The Balaban J connectivity index is 2.30. The van der Waals surface area contributed by atoms with E-state index in [9.17, 15) is 18.3 Å². The number of aryl methyl sites for hydroxylation is 1. The van der Waals surface area contributed by atoms with Gasteiger partial charge in [0.15, 0.2) is 0 Å². The van der Waals surface area contributed by atoms with Gasteiger partial charge >= 0.3 is 0 Å². The number of para-hydroxylation sites is 1. The molecule has 0 radical (unpaired) electrons. The number of carbonyl (C=O) groups excluding carboxylic acids is 1. The first-order valence-corrected chi connectivity index (χ1v) is 11.8. The van der Waals surface area contributed by atoms with Gasteiger partial charge in [0.25, 0.3) is 9.05 Å². The molecule has 9 heteroatoms. The predicted octanol–water partition coefficient (Wildman–Crippen LogP) is 2.79. The molecular formula is C23H18ClNO6S. The summed E-state index contributed by atoms with van der Waals surface area (Å²) in [5.74, 6) is -1.12. The van der Waals surface area contributed by atoms with Crippen LogP contribution in [-0.2, 0) is 16.1 Å². The van der Waals surface area contributed by atoms with Gasteiger partial charge in [0.2, 0.25) is 11.0 Å². The third-order valence-electron chi connectivity index (χ3n) is 5.43. The van der Waals surface area contributed by atoms with E-state index in [4.69, 9.17) is 20.2 Å². The number of aromatic nitrogens is 1. The fraction of sp³-hybridized carbons (Fsp3) is 0.130. The Hall–Kier alpha value is -3.36. The molecule has 0 amide bonds. The van der Waals surface area contributed by atoms with Crippen LogP contribution in [0.3, 0.4) is 0 Å². The van der Waals surface area contributed by atoms with E-state index in [1.165, 1.54) is 26.4 Å². The lowest BCUT2D eigenvalue weighted by Gasteiger charge is -2.19. The maximum Gasteiger partial charge on any atom is 0.265 e. The first kappa shape index (κ1) is 21.9. The largest absolute Gasteiger partial charge is 0.545 e. The van der Waals surface area contributed by atoms with Crippen molar-refractivity contribution in [3.8, 4) is 22.6 Å². The Morgan fingerprint density at radius 1 is 0.969 bits per heavy atom. The van der Waals surface area contributed by atoms with Gasteiger partial charge in [0.05, 0.1) is 36.5 Å². The van der Waals surface area contributed by atoms with Crippen molar-refractivity contribution in [2.24, 2.45) is 7.05 Å². The standard InChI is InChI=1S/C23H18ClNO6S/c1-25-15-9-5-4-7-13(15)21(23(26)27)19-14(8-6-10-16(19)25)20-17(30-2)11-12-18(22(20)31-3)32(24,28)29/h4-12H,1-3H3. The zero-order valence-electron chi connectivity index (χ0n) is 17.4. The Labute approximate surface area is 188 Å². The van der Waals surface area contributed by atoms with E-state index in [2.05, 4.69) is 0 Å². The zero-order valence-corrected chi connectivity index (χ0v) is 19.0. The molecule has 0 bridgehead atoms. The van der Waals surface area contributed by atoms with E-state index in [0.29, 0.717) is 33.1 Å². The number of ether oxygens (including phenoxy) is 2. The average molecular weight is 472 g/mol. The van der Waals surface area contributed by atoms with Crippen LogP contribution in [0, 0.1) is 0 Å². The number of nitrogens with zero attached hydrogens (tertiary/aromatic N) is 1. The minimum absolute atomic E-state index is 0.0208. The van der Waals surface area contributed by atoms with Crippen LogP contribution in [-0.4, -0.2) is 28.6 Å². The number of pyridine rings is 1. The summed E-state index contributed by atoms with van der Waals surface area (Å²) >= 11 is 0. The maximum absolute atomic E-state index is 12.4. The highest BCUT2D eigenvalue weighted by Crippen LogP contribution is 2.46. The first-order chi connectivity index (χ1) is 15.2. The van der Waals surface area contributed by atoms with E-state index < -0.39 is 15.0 Å². The average Bonchev–Trinajstić information content (AvgIpc) is 2.77. The second-order valence-corrected chi connectivity index (χ2v) is 9.58. The van der Waals surface area contributed by atoms with Gasteiger partial charge in [-0.3, -0.25) is 0 Å². The van der Waals surface area contributed by atoms with E-state index in [-0.39, 0.29) is 21.8 Å². The molecule has 0 spiro atoms. The van der Waals surface area contributed by atoms with E-state index >= 15 is 0 Å². The lowest BCUT2D eigenvalue weighted by molar-refractivity contribution is -0.617. The van der Waals surface area contributed by atoms with E-state index in [1.807, 2.05) is 23.7 Å². The van der Waals surface area contributed by atoms with Gasteiger partial charge in [0, 0.05) is 33.9 Å². The molecule has 0 saturated carbocycles. The van der Waals surface area contributed by atoms with E-state index in [1.54, 1.807) is 30.3 Å². The van der Waals surface area contributed by atoms with Gasteiger partial charge in [-0.1, -0.05) is 24.3 Å². The molecule has 0 N–H and O–H groups in total. The van der Waals surface area contributed by atoms with Crippen molar-refractivity contribution in [3.63, 3.8) is 0 Å². The summed E-state index contributed by atoms with van der Waals surface area (Å²) in [4.78, 5) is 12.1. The third kappa shape index (κ3) is 3.32. The van der Waals surface area contributed by atoms with Crippen LogP contribution < -0.4 is 19.1 Å². The SMILES string of the molecule is COc1ccc(S(=O)(=O)Cl)c(OC)c1-c1cccc2c1c(C(=O)[O-])c1ccccc1[n+]2C. The highest BCUT2D eigenvalue weighted by Gasteiger charge is 2.28. The van der Waals surface area contributed by atoms with Crippen LogP contribution in [0.4, 0.5) is 0 Å². The first-order valence-electron chi connectivity index (χ1n) is 9.45.